The van der Waals surface area contributed by atoms with Crippen molar-refractivity contribution >= 4 is 0 Å². The van der Waals surface area contributed by atoms with E-state index in [9.17, 15) is 13.2 Å². The Labute approximate surface area is 124 Å². The first-order valence-electron chi connectivity index (χ1n) is 7.36. The maximum absolute atomic E-state index is 12.6. The first-order valence-corrected chi connectivity index (χ1v) is 7.36. The van der Waals surface area contributed by atoms with Crippen LogP contribution in [0.4, 0.5) is 13.2 Å². The molecule has 1 aromatic rings. The molecule has 1 aromatic carbocycles. The number of hydrogen-bond donors (Lipinski definition) is 1. The zero-order chi connectivity index (χ0) is 15.7. The smallest absolute Gasteiger partial charge is 0.309 e. The van der Waals surface area contributed by atoms with Gasteiger partial charge >= 0.3 is 6.18 Å². The van der Waals surface area contributed by atoms with Gasteiger partial charge in [-0.2, -0.15) is 13.2 Å². The summed E-state index contributed by atoms with van der Waals surface area (Å²) < 4.78 is 37.7. The molecule has 0 saturated carbocycles. The van der Waals surface area contributed by atoms with Gasteiger partial charge in [-0.25, -0.2) is 0 Å². The number of nitrogens with zero attached hydrogens (tertiary/aromatic N) is 1. The van der Waals surface area contributed by atoms with E-state index in [-0.39, 0.29) is 5.54 Å². The molecule has 118 valence electrons. The van der Waals surface area contributed by atoms with Crippen LogP contribution in [-0.2, 0) is 12.7 Å². The molecule has 1 aliphatic heterocycles. The summed E-state index contributed by atoms with van der Waals surface area (Å²) in [5.41, 5.74) is 0.385. The fourth-order valence-electron chi connectivity index (χ4n) is 2.84. The van der Waals surface area contributed by atoms with Gasteiger partial charge in [-0.3, -0.25) is 4.90 Å². The van der Waals surface area contributed by atoms with E-state index in [2.05, 4.69) is 31.0 Å². The third-order valence-corrected chi connectivity index (χ3v) is 4.07. The summed E-state index contributed by atoms with van der Waals surface area (Å²) in [6.07, 6.45) is -3.23. The van der Waals surface area contributed by atoms with Crippen molar-refractivity contribution in [2.24, 2.45) is 0 Å². The predicted octanol–water partition coefficient (Wildman–Crippen LogP) is 3.67. The summed E-state index contributed by atoms with van der Waals surface area (Å²) in [6.45, 7) is 8.96. The Morgan fingerprint density at radius 3 is 2.38 bits per heavy atom. The van der Waals surface area contributed by atoms with Crippen LogP contribution >= 0.6 is 0 Å². The van der Waals surface area contributed by atoms with Gasteiger partial charge in [0.15, 0.2) is 0 Å². The molecule has 0 radical (unpaired) electrons. The summed E-state index contributed by atoms with van der Waals surface area (Å²) >= 11 is 0. The molecule has 5 heteroatoms. The van der Waals surface area contributed by atoms with E-state index in [0.29, 0.717) is 12.6 Å². The molecule has 0 bridgehead atoms. The summed E-state index contributed by atoms with van der Waals surface area (Å²) in [5.74, 6) is 0. The summed E-state index contributed by atoms with van der Waals surface area (Å²) in [7, 11) is 0. The average Bonchev–Trinajstić information content (AvgIpc) is 2.37. The Hall–Kier alpha value is -1.07. The zero-order valence-corrected chi connectivity index (χ0v) is 12.8. The van der Waals surface area contributed by atoms with Crippen molar-refractivity contribution in [1.29, 1.82) is 0 Å². The van der Waals surface area contributed by atoms with Crippen molar-refractivity contribution in [3.05, 3.63) is 35.4 Å². The number of hydrogen-bond acceptors (Lipinski definition) is 2. The van der Waals surface area contributed by atoms with Gasteiger partial charge in [-0.1, -0.05) is 19.1 Å². The van der Waals surface area contributed by atoms with Gasteiger partial charge in [-0.05, 0) is 38.0 Å². The van der Waals surface area contributed by atoms with E-state index in [0.717, 1.165) is 25.1 Å². The fraction of sp³-hybridized carbons (Fsp3) is 0.625. The van der Waals surface area contributed by atoms with Gasteiger partial charge in [0.2, 0.25) is 0 Å². The van der Waals surface area contributed by atoms with Crippen LogP contribution in [0.15, 0.2) is 24.3 Å². The van der Waals surface area contributed by atoms with Crippen LogP contribution in [0.5, 0.6) is 0 Å². The molecule has 1 N–H and O–H groups in total. The maximum Gasteiger partial charge on any atom is 0.416 e. The maximum atomic E-state index is 12.6. The SMILES string of the molecule is CCC1CNC(C)(C)CN1Cc1ccc(C(F)(F)F)cc1. The topological polar surface area (TPSA) is 15.3 Å². The van der Waals surface area contributed by atoms with Crippen LogP contribution in [0.1, 0.15) is 38.3 Å². The second-order valence-corrected chi connectivity index (χ2v) is 6.43. The van der Waals surface area contributed by atoms with Gasteiger partial charge in [0.05, 0.1) is 5.56 Å². The molecule has 2 rings (SSSR count). The molecule has 2 nitrogen and oxygen atoms in total. The van der Waals surface area contributed by atoms with Crippen LogP contribution in [0, 0.1) is 0 Å². The molecule has 0 aromatic heterocycles. The minimum Gasteiger partial charge on any atom is -0.309 e. The Bertz CT molecular complexity index is 465. The largest absolute Gasteiger partial charge is 0.416 e. The van der Waals surface area contributed by atoms with E-state index >= 15 is 0 Å². The van der Waals surface area contributed by atoms with Crippen molar-refractivity contribution in [3.8, 4) is 0 Å². The van der Waals surface area contributed by atoms with Gasteiger partial charge in [0.1, 0.15) is 0 Å². The Morgan fingerprint density at radius 1 is 1.24 bits per heavy atom. The lowest BCUT2D eigenvalue weighted by Crippen LogP contribution is -2.60. The number of halogens is 3. The number of alkyl halides is 3. The highest BCUT2D eigenvalue weighted by atomic mass is 19.4. The third kappa shape index (κ3) is 4.20. The van der Waals surface area contributed by atoms with Gasteiger partial charge in [-0.15, -0.1) is 0 Å². The number of nitrogens with one attached hydrogen (secondary N) is 1. The second kappa shape index (κ2) is 5.97. The normalized spacial score (nSPS) is 23.2. The van der Waals surface area contributed by atoms with Crippen molar-refractivity contribution in [1.82, 2.24) is 10.2 Å². The van der Waals surface area contributed by atoms with Crippen molar-refractivity contribution in [3.63, 3.8) is 0 Å². The summed E-state index contributed by atoms with van der Waals surface area (Å²) in [4.78, 5) is 2.36. The van der Waals surface area contributed by atoms with E-state index < -0.39 is 11.7 Å². The van der Waals surface area contributed by atoms with Crippen LogP contribution in [0.3, 0.4) is 0 Å². The molecule has 1 heterocycles. The lowest BCUT2D eigenvalue weighted by atomic mass is 9.97. The molecular weight excluding hydrogens is 277 g/mol. The molecule has 1 aliphatic rings. The minimum atomic E-state index is -4.26. The van der Waals surface area contributed by atoms with Gasteiger partial charge < -0.3 is 5.32 Å². The molecule has 1 fully saturated rings. The van der Waals surface area contributed by atoms with Gasteiger partial charge in [0, 0.05) is 31.2 Å². The molecule has 0 spiro atoms. The molecule has 21 heavy (non-hydrogen) atoms. The lowest BCUT2D eigenvalue weighted by molar-refractivity contribution is -0.137. The van der Waals surface area contributed by atoms with Crippen LogP contribution in [-0.4, -0.2) is 29.6 Å². The molecule has 0 aliphatic carbocycles. The second-order valence-electron chi connectivity index (χ2n) is 6.43. The Morgan fingerprint density at radius 2 is 1.86 bits per heavy atom. The van der Waals surface area contributed by atoms with E-state index in [4.69, 9.17) is 0 Å². The Balaban J connectivity index is 2.08. The summed E-state index contributed by atoms with van der Waals surface area (Å²) in [5, 5.41) is 3.51. The molecule has 1 atom stereocenters. The predicted molar refractivity (Wildman–Crippen MR) is 78.0 cm³/mol. The molecule has 1 unspecified atom stereocenters. The monoisotopic (exact) mass is 300 g/mol. The quantitative estimate of drug-likeness (QED) is 0.916. The third-order valence-electron chi connectivity index (χ3n) is 4.07. The van der Waals surface area contributed by atoms with Crippen LogP contribution < -0.4 is 5.32 Å². The van der Waals surface area contributed by atoms with Crippen molar-refractivity contribution in [2.45, 2.75) is 51.5 Å². The zero-order valence-electron chi connectivity index (χ0n) is 12.8. The highest BCUT2D eigenvalue weighted by Crippen LogP contribution is 2.29. The first-order chi connectivity index (χ1) is 9.71. The van der Waals surface area contributed by atoms with Crippen LogP contribution in [0.25, 0.3) is 0 Å². The minimum absolute atomic E-state index is 0.0393. The van der Waals surface area contributed by atoms with E-state index in [1.807, 2.05) is 0 Å². The highest BCUT2D eigenvalue weighted by molar-refractivity contribution is 5.24. The number of piperazine rings is 1. The first kappa shape index (κ1) is 16.3. The van der Waals surface area contributed by atoms with Crippen molar-refractivity contribution in [2.75, 3.05) is 13.1 Å². The Kier molecular flexibility index (Phi) is 4.63. The highest BCUT2D eigenvalue weighted by Gasteiger charge is 2.32. The van der Waals surface area contributed by atoms with Crippen molar-refractivity contribution < 1.29 is 13.2 Å². The van der Waals surface area contributed by atoms with Crippen LogP contribution in [0.2, 0.25) is 0 Å². The van der Waals surface area contributed by atoms with E-state index in [1.165, 1.54) is 12.1 Å². The molecule has 0 amide bonds. The summed E-state index contributed by atoms with van der Waals surface area (Å²) in [6, 6.07) is 5.95. The average molecular weight is 300 g/mol. The number of benzene rings is 1. The lowest BCUT2D eigenvalue weighted by Gasteiger charge is -2.44. The van der Waals surface area contributed by atoms with E-state index in [1.54, 1.807) is 12.1 Å². The standard InChI is InChI=1S/C16H23F3N2/c1-4-14-9-20-15(2,3)11-21(14)10-12-5-7-13(8-6-12)16(17,18)19/h5-8,14,20H,4,9-11H2,1-3H3. The molecule has 1 saturated heterocycles. The molecular formula is C16H23F3N2. The van der Waals surface area contributed by atoms with Gasteiger partial charge in [0.25, 0.3) is 0 Å². The number of rotatable bonds is 3. The fourth-order valence-corrected chi connectivity index (χ4v) is 2.84.